The minimum absolute atomic E-state index is 0.0320. The molecule has 0 aromatic heterocycles. The Balaban J connectivity index is 1.85. The lowest BCUT2D eigenvalue weighted by Gasteiger charge is -2.28. The zero-order valence-electron chi connectivity index (χ0n) is 23.4. The van der Waals surface area contributed by atoms with Crippen LogP contribution < -0.4 is 21.3 Å². The fourth-order valence-corrected chi connectivity index (χ4v) is 5.47. The van der Waals surface area contributed by atoms with E-state index in [1.54, 1.807) is 6.92 Å². The van der Waals surface area contributed by atoms with Crippen LogP contribution in [-0.4, -0.2) is 71.9 Å². The summed E-state index contributed by atoms with van der Waals surface area (Å²) in [5.74, 6) is -3.99. The molecule has 0 aliphatic carbocycles. The van der Waals surface area contributed by atoms with Crippen molar-refractivity contribution >= 4 is 35.7 Å². The predicted octanol–water partition coefficient (Wildman–Crippen LogP) is 2.75. The Kier molecular flexibility index (Phi) is 11.3. The number of carboxylic acids is 1. The summed E-state index contributed by atoms with van der Waals surface area (Å²) in [5.41, 5.74) is 2.25. The van der Waals surface area contributed by atoms with E-state index in [-0.39, 0.29) is 24.3 Å². The Bertz CT molecular complexity index is 1060. The first-order chi connectivity index (χ1) is 18.7. The smallest absolute Gasteiger partial charge is 0.314 e. The molecule has 214 valence electrons. The van der Waals surface area contributed by atoms with Crippen LogP contribution in [0.25, 0.3) is 0 Å². The van der Waals surface area contributed by atoms with Gasteiger partial charge in [-0.05, 0) is 38.5 Å². The number of hydrogen-bond donors (Lipinski definition) is 5. The second-order valence-corrected chi connectivity index (χ2v) is 10.9. The highest BCUT2D eigenvalue weighted by Gasteiger charge is 2.38. The van der Waals surface area contributed by atoms with Crippen LogP contribution in [0, 0.1) is 17.8 Å². The molecule has 0 saturated heterocycles. The van der Waals surface area contributed by atoms with E-state index >= 15 is 0 Å². The molecular weight excluding hydrogens is 498 g/mol. The number of amides is 4. The van der Waals surface area contributed by atoms with Crippen LogP contribution in [-0.2, 0) is 14.4 Å². The molecule has 4 amide bonds. The molecule has 2 aliphatic heterocycles. The van der Waals surface area contributed by atoms with Crippen molar-refractivity contribution in [3.8, 4) is 0 Å². The molecule has 0 fully saturated rings. The van der Waals surface area contributed by atoms with E-state index in [0.29, 0.717) is 25.9 Å². The van der Waals surface area contributed by atoms with Gasteiger partial charge in [-0.15, -0.1) is 0 Å². The molecule has 4 atom stereocenters. The molecule has 2 bridgehead atoms. The Hall–Kier alpha value is -3.43. The number of carbonyl (C=O) groups excluding carboxylic acids is 3. The Morgan fingerprint density at radius 2 is 1.82 bits per heavy atom. The van der Waals surface area contributed by atoms with Crippen molar-refractivity contribution in [2.75, 3.05) is 26.2 Å². The normalized spacial score (nSPS) is 21.1. The van der Waals surface area contributed by atoms with E-state index in [0.717, 1.165) is 43.5 Å². The molecule has 1 aromatic rings. The number of urea groups is 1. The van der Waals surface area contributed by atoms with Crippen LogP contribution in [0.1, 0.15) is 70.8 Å². The van der Waals surface area contributed by atoms with Gasteiger partial charge in [0.1, 0.15) is 12.6 Å². The van der Waals surface area contributed by atoms with Gasteiger partial charge < -0.3 is 26.4 Å². The monoisotopic (exact) mass is 542 g/mol. The van der Waals surface area contributed by atoms with Crippen LogP contribution in [0.4, 0.5) is 10.5 Å². The van der Waals surface area contributed by atoms with E-state index in [1.165, 1.54) is 0 Å². The van der Waals surface area contributed by atoms with Crippen LogP contribution in [0.3, 0.4) is 0 Å². The molecule has 10 heteroatoms. The fourth-order valence-electron chi connectivity index (χ4n) is 5.47. The highest BCUT2D eigenvalue weighted by atomic mass is 16.4. The minimum Gasteiger partial charge on any atom is -0.481 e. The number of fused-ring (bicyclic) bond motifs is 4. The number of rotatable bonds is 9. The third-order valence-electron chi connectivity index (χ3n) is 7.44. The van der Waals surface area contributed by atoms with Crippen molar-refractivity contribution in [1.82, 2.24) is 21.3 Å². The minimum atomic E-state index is -1.17. The predicted molar refractivity (Wildman–Crippen MR) is 149 cm³/mol. The third-order valence-corrected chi connectivity index (χ3v) is 7.44. The highest BCUT2D eigenvalue weighted by Crippen LogP contribution is 2.35. The molecule has 39 heavy (non-hydrogen) atoms. The largest absolute Gasteiger partial charge is 0.481 e. The molecular formula is C29H44N5O5+. The summed E-state index contributed by atoms with van der Waals surface area (Å²) in [6.45, 7) is 7.24. The van der Waals surface area contributed by atoms with Gasteiger partial charge in [-0.25, -0.2) is 9.37 Å². The van der Waals surface area contributed by atoms with Crippen molar-refractivity contribution in [3.05, 3.63) is 29.8 Å². The van der Waals surface area contributed by atoms with Crippen molar-refractivity contribution in [3.63, 3.8) is 0 Å². The van der Waals surface area contributed by atoms with Gasteiger partial charge in [0, 0.05) is 37.7 Å². The van der Waals surface area contributed by atoms with Crippen molar-refractivity contribution in [1.29, 1.82) is 0 Å². The Labute approximate surface area is 231 Å². The Morgan fingerprint density at radius 3 is 2.54 bits per heavy atom. The van der Waals surface area contributed by atoms with Gasteiger partial charge in [0.05, 0.1) is 17.8 Å². The van der Waals surface area contributed by atoms with Crippen molar-refractivity contribution in [2.45, 2.75) is 71.3 Å². The number of hydrogen-bond acceptors (Lipinski definition) is 4. The van der Waals surface area contributed by atoms with Crippen LogP contribution >= 0.6 is 0 Å². The maximum Gasteiger partial charge on any atom is 0.314 e. The van der Waals surface area contributed by atoms with Gasteiger partial charge in [0.25, 0.3) is 0 Å². The number of nitrogens with zero attached hydrogens (tertiary/aromatic N) is 1. The number of nitrogens with one attached hydrogen (secondary N) is 4. The summed E-state index contributed by atoms with van der Waals surface area (Å²) in [5, 5.41) is 21.0. The summed E-state index contributed by atoms with van der Waals surface area (Å²) in [6, 6.07) is 6.83. The van der Waals surface area contributed by atoms with Gasteiger partial charge in [-0.1, -0.05) is 38.5 Å². The maximum absolute atomic E-state index is 13.7. The highest BCUT2D eigenvalue weighted by molar-refractivity contribution is 5.91. The average molecular weight is 543 g/mol. The molecule has 2 unspecified atom stereocenters. The maximum atomic E-state index is 13.7. The van der Waals surface area contributed by atoms with E-state index in [2.05, 4.69) is 44.2 Å². The lowest BCUT2D eigenvalue weighted by atomic mass is 9.84. The van der Waals surface area contributed by atoms with Gasteiger partial charge in [-0.2, -0.15) is 0 Å². The lowest BCUT2D eigenvalue weighted by Crippen LogP contribution is -2.52. The fraction of sp³-hybridized carbons (Fsp3) is 0.621. The van der Waals surface area contributed by atoms with Gasteiger partial charge in [-0.3, -0.25) is 14.4 Å². The van der Waals surface area contributed by atoms with E-state index < -0.39 is 35.8 Å². The molecule has 0 spiro atoms. The Morgan fingerprint density at radius 1 is 1.08 bits per heavy atom. The summed E-state index contributed by atoms with van der Waals surface area (Å²) >= 11 is 0. The summed E-state index contributed by atoms with van der Waals surface area (Å²) in [6.07, 6.45) is 6.82. The number of carbonyl (C=O) groups is 4. The first-order valence-electron chi connectivity index (χ1n) is 14.2. The second kappa shape index (κ2) is 14.6. The summed E-state index contributed by atoms with van der Waals surface area (Å²) in [7, 11) is 0. The molecule has 2 heterocycles. The van der Waals surface area contributed by atoms with Gasteiger partial charge in [0.15, 0.2) is 6.21 Å². The number of aliphatic carboxylic acids is 1. The molecule has 0 radical (unpaired) electrons. The zero-order chi connectivity index (χ0) is 28.4. The first-order valence-corrected chi connectivity index (χ1v) is 14.2. The van der Waals surface area contributed by atoms with Crippen molar-refractivity contribution in [2.24, 2.45) is 17.8 Å². The molecule has 5 N–H and O–H groups in total. The zero-order valence-corrected chi connectivity index (χ0v) is 23.4. The second-order valence-electron chi connectivity index (χ2n) is 10.9. The van der Waals surface area contributed by atoms with Crippen LogP contribution in [0.2, 0.25) is 0 Å². The number of para-hydroxylation sites is 1. The molecule has 2 aliphatic rings. The van der Waals surface area contributed by atoms with E-state index in [1.807, 2.05) is 26.0 Å². The summed E-state index contributed by atoms with van der Waals surface area (Å²) < 4.78 is 2.25. The van der Waals surface area contributed by atoms with Crippen LogP contribution in [0.15, 0.2) is 24.3 Å². The third kappa shape index (κ3) is 8.53. The lowest BCUT2D eigenvalue weighted by molar-refractivity contribution is -0.433. The van der Waals surface area contributed by atoms with Gasteiger partial charge in [0.2, 0.25) is 17.5 Å². The van der Waals surface area contributed by atoms with E-state index in [4.69, 9.17) is 0 Å². The van der Waals surface area contributed by atoms with Crippen molar-refractivity contribution < 1.29 is 28.9 Å². The average Bonchev–Trinajstić information content (AvgIpc) is 3.24. The van der Waals surface area contributed by atoms with Gasteiger partial charge >= 0.3 is 12.0 Å². The first kappa shape index (κ1) is 30.1. The summed E-state index contributed by atoms with van der Waals surface area (Å²) in [4.78, 5) is 51.2. The van der Waals surface area contributed by atoms with Crippen LogP contribution in [0.5, 0.6) is 0 Å². The topological polar surface area (TPSA) is 140 Å². The molecule has 0 saturated carbocycles. The molecule has 3 rings (SSSR count). The molecule has 10 nitrogen and oxygen atoms in total. The quantitative estimate of drug-likeness (QED) is 0.305. The number of carboxylic acid groups (broad SMARTS) is 1. The number of benzene rings is 1. The van der Waals surface area contributed by atoms with E-state index in [9.17, 15) is 24.3 Å². The standard InChI is InChI=1S/C29H43N5O5/c1-4-30-29(39)32-17-23(28(37)38)22(15-19(2)3)26(35)33-24-16-20-18-34(25-12-8-7-11-21(20)25)14-10-6-5-9-13-31-27(24)36/h7-8,11-12,18-20,22-24H,4-6,9-10,13-17H2,1-3H3,(H4-,30,31,32,33,35,36,37,38,39)/p+1/t20?,22-,23?,24+/m1/s1. The molecule has 1 aromatic carbocycles. The SMILES string of the molecule is CCNC(=O)NCC(C(=O)O)[C@@H](CC(C)C)C(=O)N[C@H]1CC2C=[N+](CCCCCCNC1=O)c1ccccc12.